The quantitative estimate of drug-likeness (QED) is 0.626. The summed E-state index contributed by atoms with van der Waals surface area (Å²) in [7, 11) is 0. The van der Waals surface area contributed by atoms with E-state index in [4.69, 9.17) is 4.74 Å². The zero-order valence-corrected chi connectivity index (χ0v) is 12.2. The number of pyridine rings is 1. The number of nitro groups is 1. The first kappa shape index (κ1) is 14.7. The second kappa shape index (κ2) is 6.17. The molecular formula is C14H21N3O3. The average Bonchev–Trinajstić information content (AvgIpc) is 2.38. The highest BCUT2D eigenvalue weighted by Gasteiger charge is 2.26. The Kier molecular flexibility index (Phi) is 4.54. The van der Waals surface area contributed by atoms with Crippen LogP contribution in [-0.2, 0) is 4.74 Å². The van der Waals surface area contributed by atoms with E-state index in [1.165, 1.54) is 6.20 Å². The van der Waals surface area contributed by atoms with Gasteiger partial charge in [-0.25, -0.2) is 4.98 Å². The molecule has 1 fully saturated rings. The van der Waals surface area contributed by atoms with Gasteiger partial charge in [0.25, 0.3) is 5.69 Å². The molecule has 1 atom stereocenters. The van der Waals surface area contributed by atoms with Gasteiger partial charge >= 0.3 is 0 Å². The number of ether oxygens (including phenoxy) is 1. The number of hydrogen-bond acceptors (Lipinski definition) is 5. The second-order valence-electron chi connectivity index (χ2n) is 5.64. The summed E-state index contributed by atoms with van der Waals surface area (Å²) < 4.78 is 5.55. The maximum Gasteiger partial charge on any atom is 0.290 e. The lowest BCUT2D eigenvalue weighted by Crippen LogP contribution is -2.46. The number of nitrogens with zero attached hydrogens (tertiary/aromatic N) is 3. The fourth-order valence-corrected chi connectivity index (χ4v) is 2.58. The smallest absolute Gasteiger partial charge is 0.290 e. The van der Waals surface area contributed by atoms with Crippen molar-refractivity contribution in [3.63, 3.8) is 0 Å². The molecule has 6 nitrogen and oxygen atoms in total. The van der Waals surface area contributed by atoms with Crippen molar-refractivity contribution in [2.75, 3.05) is 24.7 Å². The average molecular weight is 279 g/mol. The molecule has 0 spiro atoms. The lowest BCUT2D eigenvalue weighted by Gasteiger charge is -2.37. The lowest BCUT2D eigenvalue weighted by molar-refractivity contribution is -0.385. The van der Waals surface area contributed by atoms with Crippen LogP contribution >= 0.6 is 0 Å². The zero-order valence-electron chi connectivity index (χ0n) is 12.2. The molecule has 1 aliphatic heterocycles. The van der Waals surface area contributed by atoms with Gasteiger partial charge in [-0.15, -0.1) is 0 Å². The third-order valence-electron chi connectivity index (χ3n) is 3.53. The predicted molar refractivity (Wildman–Crippen MR) is 77.0 cm³/mol. The normalized spacial score (nSPS) is 19.4. The van der Waals surface area contributed by atoms with Crippen LogP contribution in [0, 0.1) is 23.0 Å². The van der Waals surface area contributed by atoms with Crippen LogP contribution in [0.3, 0.4) is 0 Å². The molecule has 0 aliphatic carbocycles. The minimum absolute atomic E-state index is 0.0717. The molecule has 0 amide bonds. The third kappa shape index (κ3) is 3.25. The Morgan fingerprint density at radius 2 is 2.35 bits per heavy atom. The lowest BCUT2D eigenvalue weighted by atomic mass is 10.0. The highest BCUT2D eigenvalue weighted by Crippen LogP contribution is 2.25. The minimum atomic E-state index is -0.392. The maximum atomic E-state index is 10.9. The minimum Gasteiger partial charge on any atom is -0.377 e. The fraction of sp³-hybridized carbons (Fsp3) is 0.643. The summed E-state index contributed by atoms with van der Waals surface area (Å²) in [4.78, 5) is 16.9. The van der Waals surface area contributed by atoms with Crippen LogP contribution in [0.1, 0.15) is 25.8 Å². The Morgan fingerprint density at radius 1 is 1.60 bits per heavy atom. The van der Waals surface area contributed by atoms with Crippen molar-refractivity contribution >= 4 is 11.5 Å². The number of rotatable bonds is 4. The van der Waals surface area contributed by atoms with Gasteiger partial charge in [-0.2, -0.15) is 0 Å². The summed E-state index contributed by atoms with van der Waals surface area (Å²) in [6.07, 6.45) is 2.38. The Hall–Kier alpha value is -1.69. The van der Waals surface area contributed by atoms with Gasteiger partial charge in [0, 0.05) is 12.1 Å². The largest absolute Gasteiger partial charge is 0.377 e. The van der Waals surface area contributed by atoms with Crippen molar-refractivity contribution in [3.05, 3.63) is 27.9 Å². The topological polar surface area (TPSA) is 68.5 Å². The van der Waals surface area contributed by atoms with Gasteiger partial charge in [-0.3, -0.25) is 10.1 Å². The van der Waals surface area contributed by atoms with E-state index in [1.54, 1.807) is 13.0 Å². The molecule has 1 saturated heterocycles. The van der Waals surface area contributed by atoms with Crippen molar-refractivity contribution < 1.29 is 9.66 Å². The van der Waals surface area contributed by atoms with Gasteiger partial charge in [-0.1, -0.05) is 13.8 Å². The number of aromatic nitrogens is 1. The molecule has 0 aromatic carbocycles. The van der Waals surface area contributed by atoms with E-state index in [0.717, 1.165) is 18.8 Å². The standard InChI is InChI=1S/C14H21N3O3/c1-10(2)6-12-9-20-5-4-16(12)14-7-11(3)13(8-15-14)17(18)19/h7-8,10,12H,4-6,9H2,1-3H3/t12-/m0/s1. The number of aryl methyl sites for hydroxylation is 1. The molecule has 1 aromatic rings. The van der Waals surface area contributed by atoms with Crippen LogP contribution in [-0.4, -0.2) is 35.7 Å². The van der Waals surface area contributed by atoms with Crippen LogP contribution in [0.2, 0.25) is 0 Å². The molecule has 0 saturated carbocycles. The Balaban J connectivity index is 2.23. The molecule has 0 radical (unpaired) electrons. The van der Waals surface area contributed by atoms with E-state index in [9.17, 15) is 10.1 Å². The molecule has 20 heavy (non-hydrogen) atoms. The highest BCUT2D eigenvalue weighted by molar-refractivity contribution is 5.49. The van der Waals surface area contributed by atoms with Crippen LogP contribution in [0.5, 0.6) is 0 Å². The summed E-state index contributed by atoms with van der Waals surface area (Å²) in [6, 6.07) is 2.09. The van der Waals surface area contributed by atoms with Gasteiger partial charge in [0.1, 0.15) is 12.0 Å². The molecule has 110 valence electrons. The molecule has 2 rings (SSSR count). The highest BCUT2D eigenvalue weighted by atomic mass is 16.6. The molecule has 0 unspecified atom stereocenters. The predicted octanol–water partition coefficient (Wildman–Crippen LogP) is 2.55. The monoisotopic (exact) mass is 279 g/mol. The molecular weight excluding hydrogens is 258 g/mol. The first-order valence-corrected chi connectivity index (χ1v) is 6.94. The summed E-state index contributed by atoms with van der Waals surface area (Å²) in [5.74, 6) is 1.38. The van der Waals surface area contributed by atoms with Gasteiger partial charge in [0.05, 0.1) is 24.2 Å². The van der Waals surface area contributed by atoms with E-state index < -0.39 is 4.92 Å². The van der Waals surface area contributed by atoms with E-state index in [0.29, 0.717) is 24.7 Å². The third-order valence-corrected chi connectivity index (χ3v) is 3.53. The number of anilines is 1. The Bertz CT molecular complexity index is 491. The second-order valence-corrected chi connectivity index (χ2v) is 5.64. The number of hydrogen-bond donors (Lipinski definition) is 0. The number of morpholine rings is 1. The molecule has 1 aliphatic rings. The van der Waals surface area contributed by atoms with Crippen LogP contribution in [0.4, 0.5) is 11.5 Å². The summed E-state index contributed by atoms with van der Waals surface area (Å²) in [5.41, 5.74) is 0.720. The summed E-state index contributed by atoms with van der Waals surface area (Å²) in [6.45, 7) is 8.26. The van der Waals surface area contributed by atoms with Crippen LogP contribution in [0.15, 0.2) is 12.3 Å². The van der Waals surface area contributed by atoms with E-state index in [1.807, 2.05) is 0 Å². The zero-order chi connectivity index (χ0) is 14.7. The van der Waals surface area contributed by atoms with Gasteiger partial charge in [-0.05, 0) is 25.3 Å². The van der Waals surface area contributed by atoms with Crippen molar-refractivity contribution in [1.82, 2.24) is 4.98 Å². The molecule has 1 aromatic heterocycles. The molecule has 2 heterocycles. The maximum absolute atomic E-state index is 10.9. The van der Waals surface area contributed by atoms with Crippen molar-refractivity contribution in [2.45, 2.75) is 33.2 Å². The van der Waals surface area contributed by atoms with Crippen molar-refractivity contribution in [1.29, 1.82) is 0 Å². The summed E-state index contributed by atoms with van der Waals surface area (Å²) in [5, 5.41) is 10.9. The van der Waals surface area contributed by atoms with E-state index in [-0.39, 0.29) is 11.7 Å². The van der Waals surface area contributed by atoms with E-state index >= 15 is 0 Å². The van der Waals surface area contributed by atoms with Crippen molar-refractivity contribution in [3.8, 4) is 0 Å². The van der Waals surface area contributed by atoms with Gasteiger partial charge < -0.3 is 9.64 Å². The van der Waals surface area contributed by atoms with Crippen molar-refractivity contribution in [2.24, 2.45) is 5.92 Å². The molecule has 0 bridgehead atoms. The van der Waals surface area contributed by atoms with Crippen LogP contribution in [0.25, 0.3) is 0 Å². The fourth-order valence-electron chi connectivity index (χ4n) is 2.58. The molecule has 0 N–H and O–H groups in total. The SMILES string of the molecule is Cc1cc(N2CCOC[C@@H]2CC(C)C)ncc1[N+](=O)[O-]. The van der Waals surface area contributed by atoms with E-state index in [2.05, 4.69) is 23.7 Å². The first-order valence-electron chi connectivity index (χ1n) is 6.94. The Morgan fingerprint density at radius 3 is 2.95 bits per heavy atom. The van der Waals surface area contributed by atoms with Crippen LogP contribution < -0.4 is 4.90 Å². The van der Waals surface area contributed by atoms with Gasteiger partial charge in [0.2, 0.25) is 0 Å². The summed E-state index contributed by atoms with van der Waals surface area (Å²) >= 11 is 0. The molecule has 6 heteroatoms. The Labute approximate surface area is 118 Å². The first-order chi connectivity index (χ1) is 9.49. The van der Waals surface area contributed by atoms with Gasteiger partial charge in [0.15, 0.2) is 0 Å².